The van der Waals surface area contributed by atoms with E-state index < -0.39 is 0 Å². The molecule has 1 nitrogen and oxygen atoms in total. The van der Waals surface area contributed by atoms with Crippen LogP contribution in [0, 0.1) is 6.07 Å². The highest BCUT2D eigenvalue weighted by Gasteiger charge is 1.91. The van der Waals surface area contributed by atoms with Crippen molar-refractivity contribution in [3.8, 4) is 5.75 Å². The molecule has 1 radical (unpaired) electrons. The Balaban J connectivity index is 2.63. The van der Waals surface area contributed by atoms with Gasteiger partial charge in [-0.25, -0.2) is 0 Å². The Morgan fingerprint density at radius 3 is 3.18 bits per heavy atom. The largest absolute Gasteiger partial charge is 0.489 e. The Kier molecular flexibility index (Phi) is 3.17. The van der Waals surface area contributed by atoms with Gasteiger partial charge in [0.15, 0.2) is 0 Å². The molecule has 1 rings (SSSR count). The van der Waals surface area contributed by atoms with Crippen LogP contribution in [0.2, 0.25) is 0 Å². The van der Waals surface area contributed by atoms with Crippen molar-refractivity contribution in [2.45, 2.75) is 0 Å². The molecule has 0 aliphatic carbocycles. The SMILES string of the molecule is C=CCOc1[c]ccc(Br)c1. The van der Waals surface area contributed by atoms with E-state index in [1.165, 1.54) is 0 Å². The molecule has 0 heterocycles. The lowest BCUT2D eigenvalue weighted by atomic mass is 10.3. The lowest BCUT2D eigenvalue weighted by Crippen LogP contribution is -1.91. The topological polar surface area (TPSA) is 9.23 Å². The summed E-state index contributed by atoms with van der Waals surface area (Å²) < 4.78 is 6.23. The molecule has 0 aliphatic heterocycles. The summed E-state index contributed by atoms with van der Waals surface area (Å²) in [5.41, 5.74) is 0. The summed E-state index contributed by atoms with van der Waals surface area (Å²) in [6, 6.07) is 8.52. The van der Waals surface area contributed by atoms with Gasteiger partial charge in [-0.3, -0.25) is 0 Å². The fourth-order valence-corrected chi connectivity index (χ4v) is 0.991. The second-order valence-corrected chi connectivity index (χ2v) is 2.89. The Bertz CT molecular complexity index is 245. The molecule has 1 aromatic rings. The Morgan fingerprint density at radius 1 is 1.73 bits per heavy atom. The zero-order valence-corrected chi connectivity index (χ0v) is 7.60. The number of rotatable bonds is 3. The highest BCUT2D eigenvalue weighted by atomic mass is 79.9. The molecule has 0 fully saturated rings. The summed E-state index contributed by atoms with van der Waals surface area (Å²) >= 11 is 3.33. The van der Waals surface area contributed by atoms with Crippen LogP contribution in [0.5, 0.6) is 5.75 Å². The van der Waals surface area contributed by atoms with Crippen molar-refractivity contribution in [3.05, 3.63) is 41.4 Å². The van der Waals surface area contributed by atoms with E-state index in [9.17, 15) is 0 Å². The quantitative estimate of drug-likeness (QED) is 0.700. The average Bonchev–Trinajstić information content (AvgIpc) is 2.01. The van der Waals surface area contributed by atoms with Gasteiger partial charge in [-0.05, 0) is 18.2 Å². The molecular formula is C9H8BrO. The Morgan fingerprint density at radius 2 is 2.55 bits per heavy atom. The minimum atomic E-state index is 0.521. The van der Waals surface area contributed by atoms with Gasteiger partial charge < -0.3 is 4.74 Å². The molecule has 0 bridgehead atoms. The van der Waals surface area contributed by atoms with Crippen LogP contribution in [0.15, 0.2) is 35.3 Å². The number of hydrogen-bond acceptors (Lipinski definition) is 1. The number of benzene rings is 1. The van der Waals surface area contributed by atoms with Gasteiger partial charge in [-0.15, -0.1) is 0 Å². The molecule has 0 saturated heterocycles. The minimum absolute atomic E-state index is 0.521. The zero-order valence-electron chi connectivity index (χ0n) is 6.01. The van der Waals surface area contributed by atoms with E-state index in [1.807, 2.05) is 18.2 Å². The van der Waals surface area contributed by atoms with Gasteiger partial charge in [-0.1, -0.05) is 28.6 Å². The average molecular weight is 212 g/mol. The predicted molar refractivity (Wildman–Crippen MR) is 48.7 cm³/mol. The summed E-state index contributed by atoms with van der Waals surface area (Å²) in [5.74, 6) is 0.735. The van der Waals surface area contributed by atoms with Crippen LogP contribution < -0.4 is 4.74 Å². The smallest absolute Gasteiger partial charge is 0.128 e. The van der Waals surface area contributed by atoms with Crippen molar-refractivity contribution < 1.29 is 4.74 Å². The first-order chi connectivity index (χ1) is 5.33. The van der Waals surface area contributed by atoms with E-state index in [4.69, 9.17) is 4.74 Å². The first-order valence-electron chi connectivity index (χ1n) is 3.24. The molecule has 2 heteroatoms. The van der Waals surface area contributed by atoms with Crippen LogP contribution in [0.1, 0.15) is 0 Å². The van der Waals surface area contributed by atoms with Crippen molar-refractivity contribution in [1.29, 1.82) is 0 Å². The molecule has 57 valence electrons. The minimum Gasteiger partial charge on any atom is -0.489 e. The van der Waals surface area contributed by atoms with Gasteiger partial charge in [0.2, 0.25) is 0 Å². The summed E-state index contributed by atoms with van der Waals surface area (Å²) in [4.78, 5) is 0. The van der Waals surface area contributed by atoms with Crippen molar-refractivity contribution in [2.75, 3.05) is 6.61 Å². The number of hydrogen-bond donors (Lipinski definition) is 0. The molecule has 0 atom stereocenters. The zero-order chi connectivity index (χ0) is 8.10. The molecule has 0 spiro atoms. The first kappa shape index (κ1) is 8.34. The number of halogens is 1. The second-order valence-electron chi connectivity index (χ2n) is 1.97. The molecule has 0 saturated carbocycles. The highest BCUT2D eigenvalue weighted by Crippen LogP contribution is 2.16. The lowest BCUT2D eigenvalue weighted by molar-refractivity contribution is 0.362. The predicted octanol–water partition coefficient (Wildman–Crippen LogP) is 2.81. The van der Waals surface area contributed by atoms with Gasteiger partial charge in [-0.2, -0.15) is 0 Å². The van der Waals surface area contributed by atoms with Crippen LogP contribution in [0.25, 0.3) is 0 Å². The Hall–Kier alpha value is -0.760. The third-order valence-corrected chi connectivity index (χ3v) is 1.59. The monoisotopic (exact) mass is 211 g/mol. The van der Waals surface area contributed by atoms with Crippen LogP contribution in [0.3, 0.4) is 0 Å². The van der Waals surface area contributed by atoms with Crippen molar-refractivity contribution >= 4 is 15.9 Å². The van der Waals surface area contributed by atoms with Crippen LogP contribution in [-0.4, -0.2) is 6.61 Å². The van der Waals surface area contributed by atoms with Crippen LogP contribution in [0.4, 0.5) is 0 Å². The fourth-order valence-electron chi connectivity index (χ4n) is 0.650. The molecule has 0 N–H and O–H groups in total. The standard InChI is InChI=1S/C9H8BrO/c1-2-6-11-9-5-3-4-8(10)7-9/h2-4,7H,1,6H2. The van der Waals surface area contributed by atoms with Crippen molar-refractivity contribution in [1.82, 2.24) is 0 Å². The summed E-state index contributed by atoms with van der Waals surface area (Å²) in [7, 11) is 0. The van der Waals surface area contributed by atoms with E-state index in [0.717, 1.165) is 10.2 Å². The molecule has 0 aromatic heterocycles. The van der Waals surface area contributed by atoms with Crippen molar-refractivity contribution in [2.24, 2.45) is 0 Å². The summed E-state index contributed by atoms with van der Waals surface area (Å²) in [6.07, 6.45) is 1.70. The van der Waals surface area contributed by atoms with Gasteiger partial charge >= 0.3 is 0 Å². The third-order valence-electron chi connectivity index (χ3n) is 1.09. The molecular weight excluding hydrogens is 204 g/mol. The van der Waals surface area contributed by atoms with Gasteiger partial charge in [0, 0.05) is 10.5 Å². The van der Waals surface area contributed by atoms with E-state index in [2.05, 4.69) is 28.6 Å². The number of ether oxygens (including phenoxy) is 1. The molecule has 11 heavy (non-hydrogen) atoms. The van der Waals surface area contributed by atoms with E-state index in [1.54, 1.807) is 6.08 Å². The van der Waals surface area contributed by atoms with Gasteiger partial charge in [0.1, 0.15) is 12.4 Å². The maximum atomic E-state index is 5.23. The maximum absolute atomic E-state index is 5.23. The highest BCUT2D eigenvalue weighted by molar-refractivity contribution is 9.10. The summed E-state index contributed by atoms with van der Waals surface area (Å²) in [6.45, 7) is 4.07. The van der Waals surface area contributed by atoms with E-state index >= 15 is 0 Å². The molecule has 0 amide bonds. The van der Waals surface area contributed by atoms with Crippen LogP contribution in [-0.2, 0) is 0 Å². The van der Waals surface area contributed by atoms with Crippen LogP contribution >= 0.6 is 15.9 Å². The second kappa shape index (κ2) is 4.19. The van der Waals surface area contributed by atoms with Gasteiger partial charge in [0.25, 0.3) is 0 Å². The Labute approximate surface area is 74.8 Å². The fraction of sp³-hybridized carbons (Fsp3) is 0.111. The first-order valence-corrected chi connectivity index (χ1v) is 4.03. The van der Waals surface area contributed by atoms with E-state index in [-0.39, 0.29) is 0 Å². The van der Waals surface area contributed by atoms with E-state index in [0.29, 0.717) is 6.61 Å². The molecule has 1 aromatic carbocycles. The maximum Gasteiger partial charge on any atom is 0.128 e. The molecule has 0 unspecified atom stereocenters. The third kappa shape index (κ3) is 2.76. The molecule has 0 aliphatic rings. The normalized spacial score (nSPS) is 9.18. The van der Waals surface area contributed by atoms with Gasteiger partial charge in [0.05, 0.1) is 0 Å². The van der Waals surface area contributed by atoms with Crippen molar-refractivity contribution in [3.63, 3.8) is 0 Å². The lowest BCUT2D eigenvalue weighted by Gasteiger charge is -2.01. The summed E-state index contributed by atoms with van der Waals surface area (Å²) in [5, 5.41) is 0.